The van der Waals surface area contributed by atoms with Crippen LogP contribution >= 0.6 is 11.6 Å². The van der Waals surface area contributed by atoms with Crippen molar-refractivity contribution in [1.29, 1.82) is 0 Å². The molecule has 9 nitrogen and oxygen atoms in total. The number of carbonyl (C=O) groups excluding carboxylic acids is 3. The van der Waals surface area contributed by atoms with Gasteiger partial charge < -0.3 is 16.0 Å². The van der Waals surface area contributed by atoms with Crippen molar-refractivity contribution >= 4 is 35.1 Å². The number of nitrogens with one attached hydrogen (secondary N) is 3. The number of hydrogen-bond donors (Lipinski definition) is 3. The van der Waals surface area contributed by atoms with Gasteiger partial charge in [0.2, 0.25) is 0 Å². The number of anilines is 1. The molecule has 10 heteroatoms. The number of pyridine rings is 2. The number of amides is 3. The lowest BCUT2D eigenvalue weighted by molar-refractivity contribution is -0.136. The summed E-state index contributed by atoms with van der Waals surface area (Å²) >= 11 is 5.78. The van der Waals surface area contributed by atoms with E-state index in [1.165, 1.54) is 22.9 Å². The average Bonchev–Trinajstić information content (AvgIpc) is 2.87. The van der Waals surface area contributed by atoms with Gasteiger partial charge in [0, 0.05) is 41.8 Å². The van der Waals surface area contributed by atoms with Crippen molar-refractivity contribution in [1.82, 2.24) is 20.2 Å². The molecule has 1 saturated carbocycles. The molecule has 180 valence electrons. The second-order valence-corrected chi connectivity index (χ2v) is 8.65. The van der Waals surface area contributed by atoms with Gasteiger partial charge in [-0.05, 0) is 55.3 Å². The molecule has 3 N–H and O–H groups in total. The van der Waals surface area contributed by atoms with Crippen LogP contribution < -0.4 is 21.5 Å². The fourth-order valence-electron chi connectivity index (χ4n) is 4.00. The number of hydrogen-bond acceptors (Lipinski definition) is 5. The summed E-state index contributed by atoms with van der Waals surface area (Å²) in [4.78, 5) is 53.6. The number of aromatic nitrogens is 2. The summed E-state index contributed by atoms with van der Waals surface area (Å²) < 4.78 is 1.49. The summed E-state index contributed by atoms with van der Waals surface area (Å²) in [5.74, 6) is -1.73. The third-order valence-corrected chi connectivity index (χ3v) is 6.03. The van der Waals surface area contributed by atoms with Crippen LogP contribution in [0.5, 0.6) is 0 Å². The summed E-state index contributed by atoms with van der Waals surface area (Å²) in [5.41, 5.74) is 0.914. The van der Waals surface area contributed by atoms with Gasteiger partial charge in [0.15, 0.2) is 0 Å². The Morgan fingerprint density at radius 2 is 1.60 bits per heavy atom. The normalized spacial score (nSPS) is 17.3. The Labute approximate surface area is 206 Å². The number of nitrogens with zero attached hydrogens (tertiary/aromatic N) is 2. The summed E-state index contributed by atoms with van der Waals surface area (Å²) in [5, 5.41) is 8.56. The molecule has 0 spiro atoms. The van der Waals surface area contributed by atoms with Gasteiger partial charge >= 0.3 is 11.8 Å². The van der Waals surface area contributed by atoms with E-state index in [9.17, 15) is 19.2 Å². The molecular formula is C25H24ClN5O4. The quantitative estimate of drug-likeness (QED) is 0.472. The first-order valence-corrected chi connectivity index (χ1v) is 11.6. The Morgan fingerprint density at radius 1 is 0.886 bits per heavy atom. The molecule has 1 aliphatic rings. The lowest BCUT2D eigenvalue weighted by Crippen LogP contribution is -2.55. The van der Waals surface area contributed by atoms with Crippen molar-refractivity contribution in [3.8, 4) is 5.69 Å². The zero-order valence-corrected chi connectivity index (χ0v) is 19.5. The Morgan fingerprint density at radius 3 is 2.26 bits per heavy atom. The number of benzene rings is 1. The smallest absolute Gasteiger partial charge is 0.314 e. The second kappa shape index (κ2) is 11.0. The van der Waals surface area contributed by atoms with E-state index in [0.29, 0.717) is 29.1 Å². The highest BCUT2D eigenvalue weighted by Crippen LogP contribution is 2.20. The van der Waals surface area contributed by atoms with E-state index in [-0.39, 0.29) is 29.4 Å². The van der Waals surface area contributed by atoms with Crippen LogP contribution in [0.25, 0.3) is 5.69 Å². The lowest BCUT2D eigenvalue weighted by atomic mass is 9.90. The van der Waals surface area contributed by atoms with Crippen molar-refractivity contribution < 1.29 is 14.4 Å². The van der Waals surface area contributed by atoms with E-state index in [0.717, 1.165) is 12.8 Å². The molecule has 1 aliphatic carbocycles. The zero-order valence-electron chi connectivity index (χ0n) is 18.7. The first-order valence-electron chi connectivity index (χ1n) is 11.2. The summed E-state index contributed by atoms with van der Waals surface area (Å²) in [7, 11) is 0. The van der Waals surface area contributed by atoms with Crippen molar-refractivity contribution in [2.45, 2.75) is 37.8 Å². The fraction of sp³-hybridized carbons (Fsp3) is 0.240. The molecule has 2 atom stereocenters. The van der Waals surface area contributed by atoms with Crippen molar-refractivity contribution in [2.75, 3.05) is 5.32 Å². The van der Waals surface area contributed by atoms with E-state index in [1.54, 1.807) is 48.7 Å². The molecule has 0 unspecified atom stereocenters. The fourth-order valence-corrected chi connectivity index (χ4v) is 4.11. The van der Waals surface area contributed by atoms with Crippen LogP contribution in [0.15, 0.2) is 71.8 Å². The van der Waals surface area contributed by atoms with Gasteiger partial charge in [-0.2, -0.15) is 0 Å². The van der Waals surface area contributed by atoms with E-state index < -0.39 is 11.8 Å². The molecule has 2 aromatic heterocycles. The van der Waals surface area contributed by atoms with Crippen LogP contribution in [0, 0.1) is 0 Å². The van der Waals surface area contributed by atoms with Gasteiger partial charge in [-0.15, -0.1) is 0 Å². The number of halogens is 1. The molecule has 3 amide bonds. The zero-order chi connectivity index (χ0) is 24.8. The molecular weight excluding hydrogens is 470 g/mol. The minimum absolute atomic E-state index is 0.165. The van der Waals surface area contributed by atoms with Crippen molar-refractivity contribution in [3.05, 3.63) is 87.9 Å². The SMILES string of the molecule is O=C(Nc1ccc(Cl)cn1)C(=O)N[C@@H]1CCCC[C@@H]1NC(=O)c1ccc(-n2ccccc2=O)cc1. The molecule has 35 heavy (non-hydrogen) atoms. The first kappa shape index (κ1) is 24.2. The van der Waals surface area contributed by atoms with Gasteiger partial charge in [-0.1, -0.05) is 30.5 Å². The highest BCUT2D eigenvalue weighted by atomic mass is 35.5. The van der Waals surface area contributed by atoms with E-state index in [4.69, 9.17) is 11.6 Å². The summed E-state index contributed by atoms with van der Waals surface area (Å²) in [6, 6.07) is 13.9. The predicted molar refractivity (Wildman–Crippen MR) is 132 cm³/mol. The molecule has 1 fully saturated rings. The van der Waals surface area contributed by atoms with Gasteiger partial charge in [0.1, 0.15) is 5.82 Å². The van der Waals surface area contributed by atoms with Crippen LogP contribution in [0.2, 0.25) is 5.02 Å². The topological polar surface area (TPSA) is 122 Å². The summed E-state index contributed by atoms with van der Waals surface area (Å²) in [6.07, 6.45) is 6.11. The standard InChI is InChI=1S/C25H24ClN5O4/c26-17-10-13-21(27-15-17)30-25(35)24(34)29-20-6-2-1-5-19(20)28-23(33)16-8-11-18(12-9-16)31-14-4-3-7-22(31)32/h3-4,7-15,19-20H,1-2,5-6H2,(H,28,33)(H,29,34)(H,27,30,35)/t19-,20+/m0/s1. The maximum atomic E-state index is 12.9. The molecule has 0 radical (unpaired) electrons. The molecule has 0 bridgehead atoms. The van der Waals surface area contributed by atoms with Gasteiger partial charge in [-0.3, -0.25) is 23.7 Å². The van der Waals surface area contributed by atoms with Crippen LogP contribution in [0.1, 0.15) is 36.0 Å². The second-order valence-electron chi connectivity index (χ2n) is 8.22. The molecule has 3 aromatic rings. The largest absolute Gasteiger partial charge is 0.347 e. The third-order valence-electron chi connectivity index (χ3n) is 5.80. The third kappa shape index (κ3) is 6.13. The van der Waals surface area contributed by atoms with E-state index in [2.05, 4.69) is 20.9 Å². The average molecular weight is 494 g/mol. The minimum Gasteiger partial charge on any atom is -0.347 e. The molecule has 4 rings (SSSR count). The van der Waals surface area contributed by atoms with Crippen molar-refractivity contribution in [3.63, 3.8) is 0 Å². The molecule has 1 aromatic carbocycles. The molecule has 0 saturated heterocycles. The first-order chi connectivity index (χ1) is 16.9. The molecule has 0 aliphatic heterocycles. The molecule has 2 heterocycles. The van der Waals surface area contributed by atoms with Gasteiger partial charge in [-0.25, -0.2) is 4.98 Å². The maximum absolute atomic E-state index is 12.9. The highest BCUT2D eigenvalue weighted by Gasteiger charge is 2.30. The Hall–Kier alpha value is -3.98. The Kier molecular flexibility index (Phi) is 7.57. The lowest BCUT2D eigenvalue weighted by Gasteiger charge is -2.32. The Balaban J connectivity index is 1.37. The van der Waals surface area contributed by atoms with E-state index in [1.807, 2.05) is 0 Å². The van der Waals surface area contributed by atoms with Gasteiger partial charge in [0.25, 0.3) is 11.5 Å². The van der Waals surface area contributed by atoms with Crippen LogP contribution in [0.3, 0.4) is 0 Å². The number of carbonyl (C=O) groups is 3. The minimum atomic E-state index is -0.845. The van der Waals surface area contributed by atoms with Crippen LogP contribution in [-0.4, -0.2) is 39.4 Å². The van der Waals surface area contributed by atoms with E-state index >= 15 is 0 Å². The highest BCUT2D eigenvalue weighted by molar-refractivity contribution is 6.39. The monoisotopic (exact) mass is 493 g/mol. The van der Waals surface area contributed by atoms with Crippen LogP contribution in [-0.2, 0) is 9.59 Å². The van der Waals surface area contributed by atoms with Gasteiger partial charge in [0.05, 0.1) is 5.02 Å². The predicted octanol–water partition coefficient (Wildman–Crippen LogP) is 2.68. The number of rotatable bonds is 5. The van der Waals surface area contributed by atoms with Crippen molar-refractivity contribution in [2.24, 2.45) is 0 Å². The summed E-state index contributed by atoms with van der Waals surface area (Å²) in [6.45, 7) is 0. The maximum Gasteiger partial charge on any atom is 0.314 e. The van der Waals surface area contributed by atoms with Crippen LogP contribution in [0.4, 0.5) is 5.82 Å². The Bertz CT molecular complexity index is 1270.